The van der Waals surface area contributed by atoms with Crippen LogP contribution < -0.4 is 10.3 Å². The zero-order valence-corrected chi connectivity index (χ0v) is 29.1. The molecule has 4 aliphatic rings. The number of carbonyl (C=O) groups is 4. The largest absolute Gasteiger partial charge is 0.507 e. The first-order chi connectivity index (χ1) is 24.4. The average molecular weight is 725 g/mol. The molecule has 4 aromatic rings. The van der Waals surface area contributed by atoms with Gasteiger partial charge in [0.1, 0.15) is 11.6 Å². The summed E-state index contributed by atoms with van der Waals surface area (Å²) in [6.45, 7) is 3.59. The lowest BCUT2D eigenvalue weighted by Gasteiger charge is -2.50. The monoisotopic (exact) mass is 723 g/mol. The van der Waals surface area contributed by atoms with Gasteiger partial charge in [-0.3, -0.25) is 24.6 Å². The van der Waals surface area contributed by atoms with E-state index in [1.807, 2.05) is 13.0 Å². The highest BCUT2D eigenvalue weighted by Crippen LogP contribution is 2.65. The Morgan fingerprint density at radius 2 is 1.57 bits per heavy atom. The van der Waals surface area contributed by atoms with Crippen molar-refractivity contribution in [1.29, 1.82) is 0 Å². The Bertz CT molecular complexity index is 2190. The second kappa shape index (κ2) is 12.1. The van der Waals surface area contributed by atoms with Gasteiger partial charge < -0.3 is 5.11 Å². The molecule has 0 spiro atoms. The number of hydrogen-bond acceptors (Lipinski definition) is 6. The van der Waals surface area contributed by atoms with E-state index in [0.717, 1.165) is 10.6 Å². The minimum atomic E-state index is -1.59. The van der Waals surface area contributed by atoms with E-state index in [4.69, 9.17) is 23.2 Å². The molecule has 258 valence electrons. The number of nitrogens with zero attached hydrogens (tertiary/aromatic N) is 2. The van der Waals surface area contributed by atoms with E-state index < -0.39 is 58.5 Å². The van der Waals surface area contributed by atoms with Crippen molar-refractivity contribution in [3.8, 4) is 5.75 Å². The van der Waals surface area contributed by atoms with Crippen molar-refractivity contribution in [2.45, 2.75) is 38.0 Å². The van der Waals surface area contributed by atoms with E-state index in [9.17, 15) is 23.9 Å². The molecule has 8 rings (SSSR count). The molecule has 8 nitrogen and oxygen atoms in total. The second-order valence-corrected chi connectivity index (χ2v) is 14.7. The first-order valence-corrected chi connectivity index (χ1v) is 17.5. The van der Waals surface area contributed by atoms with Crippen LogP contribution in [0.4, 0.5) is 15.8 Å². The quantitative estimate of drug-likeness (QED) is 0.162. The van der Waals surface area contributed by atoms with Crippen molar-refractivity contribution in [2.24, 2.45) is 23.7 Å². The maximum atomic E-state index is 15.2. The van der Waals surface area contributed by atoms with E-state index in [-0.39, 0.29) is 24.5 Å². The van der Waals surface area contributed by atoms with Crippen LogP contribution in [0.1, 0.15) is 41.0 Å². The third kappa shape index (κ3) is 4.85. The summed E-state index contributed by atoms with van der Waals surface area (Å²) >= 11 is 12.8. The predicted octanol–water partition coefficient (Wildman–Crippen LogP) is 7.64. The first-order valence-electron chi connectivity index (χ1n) is 16.7. The summed E-state index contributed by atoms with van der Waals surface area (Å²) in [4.78, 5) is 59.7. The summed E-state index contributed by atoms with van der Waals surface area (Å²) in [7, 11) is 0. The first kappa shape index (κ1) is 33.2. The number of rotatable bonds is 5. The number of carbonyl (C=O) groups excluding carboxylic acids is 4. The number of hydrogen-bond donors (Lipinski definition) is 2. The van der Waals surface area contributed by atoms with Gasteiger partial charge in [-0.1, -0.05) is 71.2 Å². The average Bonchev–Trinajstić information content (AvgIpc) is 3.49. The Labute approximate surface area is 303 Å². The fourth-order valence-corrected chi connectivity index (χ4v) is 9.19. The summed E-state index contributed by atoms with van der Waals surface area (Å²) in [6.07, 6.45) is 2.23. The van der Waals surface area contributed by atoms with Crippen LogP contribution in [0, 0.1) is 43.3 Å². The van der Waals surface area contributed by atoms with Gasteiger partial charge in [-0.15, -0.1) is 0 Å². The lowest BCUT2D eigenvalue weighted by Crippen LogP contribution is -2.53. The Morgan fingerprint density at radius 3 is 2.27 bits per heavy atom. The molecule has 2 heterocycles. The molecule has 2 N–H and O–H groups in total. The van der Waals surface area contributed by atoms with E-state index >= 15 is 4.79 Å². The SMILES string of the molecule is Cc1ccc(N2C(=O)[C@H]3[C@H](CC=C4[C@H]3C[C@H]3C(=O)N(Nc5ccc(F)cc5)C(=O)[C@@]3(c3ccc(Cl)cc3)[C@H]4c3cccc(C)c3O)C2=O)cc1Cl. The summed E-state index contributed by atoms with van der Waals surface area (Å²) in [6, 6.07) is 22.4. The highest BCUT2D eigenvalue weighted by molar-refractivity contribution is 6.32. The number of allylic oxidation sites excluding steroid dienone is 2. The van der Waals surface area contributed by atoms with Gasteiger partial charge in [-0.2, -0.15) is 5.01 Å². The number of hydrazine groups is 1. The number of anilines is 2. The molecule has 4 amide bonds. The molecule has 11 heteroatoms. The van der Waals surface area contributed by atoms with Crippen molar-refractivity contribution in [2.75, 3.05) is 10.3 Å². The van der Waals surface area contributed by atoms with E-state index in [0.29, 0.717) is 43.7 Å². The van der Waals surface area contributed by atoms with Crippen molar-refractivity contribution < 1.29 is 28.7 Å². The van der Waals surface area contributed by atoms with Crippen LogP contribution in [0.3, 0.4) is 0 Å². The molecule has 51 heavy (non-hydrogen) atoms. The normalized spacial score (nSPS) is 26.9. The number of amides is 4. The molecular formula is C40H32Cl2FN3O5. The van der Waals surface area contributed by atoms with Gasteiger partial charge >= 0.3 is 0 Å². The number of halogens is 3. The van der Waals surface area contributed by atoms with Crippen LogP contribution in [-0.2, 0) is 24.6 Å². The molecular weight excluding hydrogens is 692 g/mol. The van der Waals surface area contributed by atoms with Crippen molar-refractivity contribution >= 4 is 58.2 Å². The van der Waals surface area contributed by atoms with Gasteiger partial charge in [0.2, 0.25) is 11.8 Å². The van der Waals surface area contributed by atoms with Crippen LogP contribution in [-0.4, -0.2) is 33.7 Å². The van der Waals surface area contributed by atoms with Gasteiger partial charge in [-0.25, -0.2) is 9.29 Å². The van der Waals surface area contributed by atoms with Crippen LogP contribution >= 0.6 is 23.2 Å². The molecule has 4 aromatic carbocycles. The van der Waals surface area contributed by atoms with Crippen LogP contribution in [0.5, 0.6) is 5.75 Å². The number of para-hydroxylation sites is 1. The number of aromatic hydroxyl groups is 1. The third-order valence-electron chi connectivity index (χ3n) is 11.2. The standard InChI is InChI=1S/C40H32Cl2FN3O5/c1-20-6-15-26(18-32(20)42)45-36(48)28-17-16-27-30(33(28)38(45)50)19-31-37(49)46(44-25-13-11-24(43)12-14-25)39(51)40(31,22-7-9-23(41)10-8-22)34(27)29-5-3-4-21(2)35(29)47/h3-16,18,28,30-31,33-34,44,47H,17,19H2,1-2H3/t28-,30+,31-,33-,34+,40+/m0/s1. The minimum absolute atomic E-state index is 0.0341. The maximum absolute atomic E-state index is 15.2. The number of benzene rings is 4. The van der Waals surface area contributed by atoms with E-state index in [2.05, 4.69) is 5.43 Å². The number of fused-ring (bicyclic) bond motifs is 4. The van der Waals surface area contributed by atoms with Gasteiger partial charge in [0, 0.05) is 21.5 Å². The molecule has 0 unspecified atom stereocenters. The molecule has 0 radical (unpaired) electrons. The highest BCUT2D eigenvalue weighted by Gasteiger charge is 2.70. The maximum Gasteiger partial charge on any atom is 0.260 e. The number of phenols is 1. The molecule has 0 bridgehead atoms. The lowest BCUT2D eigenvalue weighted by atomic mass is 9.49. The van der Waals surface area contributed by atoms with Crippen molar-refractivity contribution in [3.63, 3.8) is 0 Å². The van der Waals surface area contributed by atoms with Crippen LogP contribution in [0.2, 0.25) is 10.0 Å². The van der Waals surface area contributed by atoms with E-state index in [1.165, 1.54) is 29.2 Å². The van der Waals surface area contributed by atoms with Gasteiger partial charge in [0.15, 0.2) is 0 Å². The Hall–Kier alpha value is -4.99. The predicted molar refractivity (Wildman–Crippen MR) is 191 cm³/mol. The summed E-state index contributed by atoms with van der Waals surface area (Å²) in [5.41, 5.74) is 5.04. The fraction of sp³-hybridized carbons (Fsp3) is 0.250. The minimum Gasteiger partial charge on any atom is -0.507 e. The van der Waals surface area contributed by atoms with Crippen LogP contribution in [0.25, 0.3) is 0 Å². The zero-order chi connectivity index (χ0) is 35.9. The summed E-state index contributed by atoms with van der Waals surface area (Å²) < 4.78 is 13.9. The fourth-order valence-electron chi connectivity index (χ4n) is 8.89. The Kier molecular flexibility index (Phi) is 7.85. The molecule has 2 aliphatic heterocycles. The molecule has 2 aliphatic carbocycles. The number of aryl methyl sites for hydroxylation is 2. The topological polar surface area (TPSA) is 107 Å². The smallest absolute Gasteiger partial charge is 0.260 e. The number of imide groups is 2. The number of phenolic OH excluding ortho intramolecular Hbond substituents is 1. The van der Waals surface area contributed by atoms with Gasteiger partial charge in [0.25, 0.3) is 11.8 Å². The molecule has 2 saturated heterocycles. The molecule has 6 atom stereocenters. The van der Waals surface area contributed by atoms with Crippen LogP contribution in [0.15, 0.2) is 96.6 Å². The molecule has 0 aromatic heterocycles. The Balaban J connectivity index is 1.33. The van der Waals surface area contributed by atoms with Gasteiger partial charge in [0.05, 0.1) is 34.5 Å². The second-order valence-electron chi connectivity index (χ2n) is 13.8. The summed E-state index contributed by atoms with van der Waals surface area (Å²) in [5, 5.41) is 13.5. The van der Waals surface area contributed by atoms with Crippen molar-refractivity contribution in [3.05, 3.63) is 135 Å². The summed E-state index contributed by atoms with van der Waals surface area (Å²) in [5.74, 6) is -6.46. The highest BCUT2D eigenvalue weighted by atomic mass is 35.5. The zero-order valence-electron chi connectivity index (χ0n) is 27.6. The third-order valence-corrected chi connectivity index (χ3v) is 11.9. The van der Waals surface area contributed by atoms with Gasteiger partial charge in [-0.05, 0) is 97.8 Å². The Morgan fingerprint density at radius 1 is 0.843 bits per heavy atom. The number of nitrogens with one attached hydrogen (secondary N) is 1. The van der Waals surface area contributed by atoms with Crippen molar-refractivity contribution in [1.82, 2.24) is 5.01 Å². The molecule has 3 fully saturated rings. The molecule has 1 saturated carbocycles. The van der Waals surface area contributed by atoms with E-state index in [1.54, 1.807) is 67.6 Å². The lowest BCUT2D eigenvalue weighted by molar-refractivity contribution is -0.138.